The maximum Gasteiger partial charge on any atom is 0.340 e. The number of carbonyl (C=O) groups excluding carboxylic acids is 4. The predicted octanol–water partition coefficient (Wildman–Crippen LogP) is 4.65. The van der Waals surface area contributed by atoms with Crippen LogP contribution in [-0.4, -0.2) is 37.3 Å². The Bertz CT molecular complexity index is 1220. The molecular weight excluding hydrogens is 460 g/mol. The van der Waals surface area contributed by atoms with Crippen molar-refractivity contribution in [3.63, 3.8) is 0 Å². The third-order valence-corrected chi connectivity index (χ3v) is 5.37. The van der Waals surface area contributed by atoms with Gasteiger partial charge in [-0.3, -0.25) is 14.4 Å². The maximum absolute atomic E-state index is 12.6. The molecule has 0 atom stereocenters. The predicted molar refractivity (Wildman–Crippen MR) is 136 cm³/mol. The first kappa shape index (κ1) is 26.2. The van der Waals surface area contributed by atoms with E-state index in [1.807, 2.05) is 24.3 Å². The van der Waals surface area contributed by atoms with Crippen LogP contribution < -0.4 is 15.4 Å². The number of amides is 2. The zero-order valence-electron chi connectivity index (χ0n) is 20.2. The summed E-state index contributed by atoms with van der Waals surface area (Å²) in [4.78, 5) is 49.0. The lowest BCUT2D eigenvalue weighted by Crippen LogP contribution is -2.18. The summed E-state index contributed by atoms with van der Waals surface area (Å²) < 4.78 is 10.3. The van der Waals surface area contributed by atoms with Crippen LogP contribution in [0.5, 0.6) is 5.75 Å². The molecule has 0 spiro atoms. The van der Waals surface area contributed by atoms with Crippen LogP contribution in [0, 0.1) is 0 Å². The fraction of sp³-hybridized carbons (Fsp3) is 0.214. The Morgan fingerprint density at radius 3 is 2.17 bits per heavy atom. The maximum atomic E-state index is 12.6. The molecule has 0 saturated carbocycles. The van der Waals surface area contributed by atoms with Gasteiger partial charge < -0.3 is 20.1 Å². The Labute approximate surface area is 209 Å². The molecule has 0 fully saturated rings. The van der Waals surface area contributed by atoms with Crippen LogP contribution in [0.1, 0.15) is 46.0 Å². The summed E-state index contributed by atoms with van der Waals surface area (Å²) in [7, 11) is 1.59. The summed E-state index contributed by atoms with van der Waals surface area (Å²) in [5.41, 5.74) is 2.37. The van der Waals surface area contributed by atoms with Gasteiger partial charge in [0.25, 0.3) is 0 Å². The van der Waals surface area contributed by atoms with Crippen molar-refractivity contribution in [2.75, 3.05) is 24.4 Å². The van der Waals surface area contributed by atoms with Crippen molar-refractivity contribution in [3.8, 4) is 5.75 Å². The fourth-order valence-corrected chi connectivity index (χ4v) is 3.31. The third kappa shape index (κ3) is 7.53. The number of para-hydroxylation sites is 1. The van der Waals surface area contributed by atoms with E-state index in [1.165, 1.54) is 6.07 Å². The number of aryl methyl sites for hydroxylation is 1. The molecule has 8 nitrogen and oxygen atoms in total. The molecule has 0 aliphatic heterocycles. The zero-order chi connectivity index (χ0) is 25.9. The van der Waals surface area contributed by atoms with Crippen LogP contribution in [0.4, 0.5) is 11.4 Å². The van der Waals surface area contributed by atoms with Gasteiger partial charge in [-0.2, -0.15) is 0 Å². The molecular formula is C28H28N2O6. The van der Waals surface area contributed by atoms with Gasteiger partial charge in [0, 0.05) is 24.1 Å². The van der Waals surface area contributed by atoms with E-state index >= 15 is 0 Å². The molecule has 2 amide bonds. The highest BCUT2D eigenvalue weighted by Gasteiger charge is 2.17. The smallest absolute Gasteiger partial charge is 0.340 e. The van der Waals surface area contributed by atoms with E-state index in [-0.39, 0.29) is 23.8 Å². The van der Waals surface area contributed by atoms with Gasteiger partial charge in [0.1, 0.15) is 5.75 Å². The van der Waals surface area contributed by atoms with E-state index in [9.17, 15) is 19.2 Å². The standard InChI is InChI=1S/C28H28N2O6/c1-3-26(32)29-21-13-11-20(12-14-21)25(31)18-36-28(34)23-6-4-5-7-24(23)30-27(33)17-10-19-8-15-22(35-2)16-9-19/h4-9,11-16H,3,10,17-18H2,1-2H3,(H,29,32)(H,30,33). The molecule has 186 valence electrons. The van der Waals surface area contributed by atoms with Crippen molar-refractivity contribution < 1.29 is 28.7 Å². The highest BCUT2D eigenvalue weighted by atomic mass is 16.5. The molecule has 0 unspecified atom stereocenters. The first-order valence-corrected chi connectivity index (χ1v) is 11.5. The topological polar surface area (TPSA) is 111 Å². The summed E-state index contributed by atoms with van der Waals surface area (Å²) in [6.45, 7) is 1.28. The first-order valence-electron chi connectivity index (χ1n) is 11.5. The lowest BCUT2D eigenvalue weighted by molar-refractivity contribution is -0.116. The Balaban J connectivity index is 1.54. The van der Waals surface area contributed by atoms with Gasteiger partial charge in [-0.1, -0.05) is 31.2 Å². The fourth-order valence-electron chi connectivity index (χ4n) is 3.31. The third-order valence-electron chi connectivity index (χ3n) is 5.37. The summed E-state index contributed by atoms with van der Waals surface area (Å²) in [6, 6.07) is 20.2. The molecule has 8 heteroatoms. The quantitative estimate of drug-likeness (QED) is 0.300. The number of ketones is 1. The highest BCUT2D eigenvalue weighted by Crippen LogP contribution is 2.18. The van der Waals surface area contributed by atoms with Crippen LogP contribution in [-0.2, 0) is 20.7 Å². The van der Waals surface area contributed by atoms with Crippen molar-refractivity contribution >= 4 is 34.9 Å². The number of rotatable bonds is 11. The molecule has 0 bridgehead atoms. The zero-order valence-corrected chi connectivity index (χ0v) is 20.2. The first-order chi connectivity index (χ1) is 17.4. The number of hydrogen-bond donors (Lipinski definition) is 2. The second-order valence-corrected chi connectivity index (χ2v) is 7.92. The van der Waals surface area contributed by atoms with Gasteiger partial charge in [-0.05, 0) is 60.5 Å². The van der Waals surface area contributed by atoms with Gasteiger partial charge in [0.2, 0.25) is 11.8 Å². The second kappa shape index (κ2) is 12.9. The van der Waals surface area contributed by atoms with E-state index in [4.69, 9.17) is 9.47 Å². The van der Waals surface area contributed by atoms with Crippen LogP contribution in [0.2, 0.25) is 0 Å². The molecule has 3 aromatic rings. The van der Waals surface area contributed by atoms with Crippen molar-refractivity contribution in [1.29, 1.82) is 0 Å². The second-order valence-electron chi connectivity index (χ2n) is 7.92. The molecule has 0 aliphatic rings. The van der Waals surface area contributed by atoms with E-state index in [2.05, 4.69) is 10.6 Å². The van der Waals surface area contributed by atoms with Gasteiger partial charge in [-0.25, -0.2) is 4.79 Å². The number of esters is 1. The highest BCUT2D eigenvalue weighted by molar-refractivity contribution is 6.03. The number of carbonyl (C=O) groups is 4. The largest absolute Gasteiger partial charge is 0.497 e. The minimum absolute atomic E-state index is 0.130. The minimum atomic E-state index is -0.721. The number of benzene rings is 3. The number of Topliss-reactive ketones (excluding diaryl/α,β-unsaturated/α-hetero) is 1. The molecule has 2 N–H and O–H groups in total. The Morgan fingerprint density at radius 2 is 1.50 bits per heavy atom. The molecule has 3 rings (SSSR count). The molecule has 0 aromatic heterocycles. The normalized spacial score (nSPS) is 10.3. The molecule has 0 aliphatic carbocycles. The van der Waals surface area contributed by atoms with Gasteiger partial charge in [0.05, 0.1) is 18.4 Å². The van der Waals surface area contributed by atoms with Crippen LogP contribution in [0.25, 0.3) is 0 Å². The molecule has 0 heterocycles. The molecule has 0 radical (unpaired) electrons. The molecule has 36 heavy (non-hydrogen) atoms. The summed E-state index contributed by atoms with van der Waals surface area (Å²) >= 11 is 0. The Hall–Kier alpha value is -4.46. The van der Waals surface area contributed by atoms with Crippen LogP contribution >= 0.6 is 0 Å². The summed E-state index contributed by atoms with van der Waals surface area (Å²) in [5, 5.41) is 5.45. The average Bonchev–Trinajstić information content (AvgIpc) is 2.91. The number of ether oxygens (including phenoxy) is 2. The number of methoxy groups -OCH3 is 1. The molecule has 0 saturated heterocycles. The summed E-state index contributed by atoms with van der Waals surface area (Å²) in [5.74, 6) is -0.752. The van der Waals surface area contributed by atoms with Crippen LogP contribution in [0.3, 0.4) is 0 Å². The van der Waals surface area contributed by atoms with Crippen molar-refractivity contribution in [2.45, 2.75) is 26.2 Å². The lowest BCUT2D eigenvalue weighted by atomic mass is 10.1. The SMILES string of the molecule is CCC(=O)Nc1ccc(C(=O)COC(=O)c2ccccc2NC(=O)CCc2ccc(OC)cc2)cc1. The van der Waals surface area contributed by atoms with Gasteiger partial charge in [0.15, 0.2) is 12.4 Å². The molecule has 3 aromatic carbocycles. The van der Waals surface area contributed by atoms with Crippen molar-refractivity contribution in [1.82, 2.24) is 0 Å². The Kier molecular flexibility index (Phi) is 9.33. The lowest BCUT2D eigenvalue weighted by Gasteiger charge is -2.11. The van der Waals surface area contributed by atoms with Crippen molar-refractivity contribution in [2.24, 2.45) is 0 Å². The number of nitrogens with one attached hydrogen (secondary N) is 2. The van der Waals surface area contributed by atoms with Crippen molar-refractivity contribution in [3.05, 3.63) is 89.5 Å². The van der Waals surface area contributed by atoms with Crippen LogP contribution in [0.15, 0.2) is 72.8 Å². The monoisotopic (exact) mass is 488 g/mol. The van der Waals surface area contributed by atoms with Gasteiger partial charge in [-0.15, -0.1) is 0 Å². The van der Waals surface area contributed by atoms with Gasteiger partial charge >= 0.3 is 5.97 Å². The number of hydrogen-bond acceptors (Lipinski definition) is 6. The van der Waals surface area contributed by atoms with E-state index < -0.39 is 18.4 Å². The van der Waals surface area contributed by atoms with E-state index in [0.717, 1.165) is 11.3 Å². The van der Waals surface area contributed by atoms with E-state index in [0.29, 0.717) is 29.8 Å². The number of anilines is 2. The average molecular weight is 489 g/mol. The Morgan fingerprint density at radius 1 is 0.806 bits per heavy atom. The van der Waals surface area contributed by atoms with E-state index in [1.54, 1.807) is 56.5 Å². The summed E-state index contributed by atoms with van der Waals surface area (Å²) in [6.07, 6.45) is 1.10. The minimum Gasteiger partial charge on any atom is -0.497 e.